The van der Waals surface area contributed by atoms with E-state index in [0.29, 0.717) is 6.04 Å². The third kappa shape index (κ3) is 4.44. The van der Waals surface area contributed by atoms with Crippen LogP contribution >= 0.6 is 15.9 Å². The second-order valence-electron chi connectivity index (χ2n) is 5.99. The van der Waals surface area contributed by atoms with Gasteiger partial charge in [-0.05, 0) is 38.0 Å². The number of halogens is 1. The second kappa shape index (κ2) is 7.61. The molecule has 1 heterocycles. The molecule has 0 amide bonds. The van der Waals surface area contributed by atoms with Crippen LogP contribution in [-0.2, 0) is 0 Å². The molecule has 0 bridgehead atoms. The van der Waals surface area contributed by atoms with Gasteiger partial charge >= 0.3 is 0 Å². The van der Waals surface area contributed by atoms with Crippen LogP contribution in [0, 0.1) is 0 Å². The summed E-state index contributed by atoms with van der Waals surface area (Å²) >= 11 is 3.48. The van der Waals surface area contributed by atoms with Crippen LogP contribution in [0.4, 0.5) is 0 Å². The lowest BCUT2D eigenvalue weighted by Crippen LogP contribution is -2.63. The molecule has 0 aromatic heterocycles. The molecule has 4 heteroatoms. The van der Waals surface area contributed by atoms with Gasteiger partial charge in [0, 0.05) is 35.7 Å². The van der Waals surface area contributed by atoms with E-state index in [2.05, 4.69) is 46.9 Å². The first-order chi connectivity index (χ1) is 10.1. The average molecular weight is 355 g/mol. The molecule has 3 nitrogen and oxygen atoms in total. The molecule has 118 valence electrons. The van der Waals surface area contributed by atoms with Crippen molar-refractivity contribution < 1.29 is 4.74 Å². The summed E-state index contributed by atoms with van der Waals surface area (Å²) in [6.07, 6.45) is 2.36. The molecule has 1 saturated heterocycles. The first-order valence-electron chi connectivity index (χ1n) is 7.96. The summed E-state index contributed by atoms with van der Waals surface area (Å²) < 4.78 is 6.94. The molecule has 21 heavy (non-hydrogen) atoms. The number of rotatable bonds is 6. The van der Waals surface area contributed by atoms with Gasteiger partial charge in [-0.25, -0.2) is 0 Å². The molecule has 1 unspecified atom stereocenters. The molecule has 0 saturated carbocycles. The maximum Gasteiger partial charge on any atom is 0.120 e. The summed E-state index contributed by atoms with van der Waals surface area (Å²) in [5.74, 6) is 0.935. The van der Waals surface area contributed by atoms with Gasteiger partial charge in [-0.2, -0.15) is 0 Å². The third-order valence-corrected chi connectivity index (χ3v) is 5.19. The Morgan fingerprint density at radius 3 is 2.81 bits per heavy atom. The molecule has 0 radical (unpaired) electrons. The van der Waals surface area contributed by atoms with E-state index < -0.39 is 0 Å². The van der Waals surface area contributed by atoms with Crippen molar-refractivity contribution in [3.8, 4) is 5.75 Å². The summed E-state index contributed by atoms with van der Waals surface area (Å²) in [7, 11) is 0. The lowest BCUT2D eigenvalue weighted by atomic mass is 9.89. The largest absolute Gasteiger partial charge is 0.492 e. The first-order valence-corrected chi connectivity index (χ1v) is 8.75. The number of hydrogen-bond acceptors (Lipinski definition) is 3. The number of nitrogens with zero attached hydrogens (tertiary/aromatic N) is 1. The van der Waals surface area contributed by atoms with Crippen molar-refractivity contribution in [2.45, 2.75) is 45.2 Å². The van der Waals surface area contributed by atoms with Gasteiger partial charge in [-0.1, -0.05) is 35.8 Å². The minimum Gasteiger partial charge on any atom is -0.492 e. The van der Waals surface area contributed by atoms with Crippen molar-refractivity contribution in [2.75, 3.05) is 26.2 Å². The number of ether oxygens (including phenoxy) is 1. The highest BCUT2D eigenvalue weighted by atomic mass is 79.9. The summed E-state index contributed by atoms with van der Waals surface area (Å²) in [5, 5.41) is 3.74. The van der Waals surface area contributed by atoms with Gasteiger partial charge in [-0.3, -0.25) is 4.90 Å². The van der Waals surface area contributed by atoms with Crippen molar-refractivity contribution in [1.82, 2.24) is 10.2 Å². The monoisotopic (exact) mass is 354 g/mol. The number of benzene rings is 1. The quantitative estimate of drug-likeness (QED) is 0.843. The van der Waals surface area contributed by atoms with Gasteiger partial charge in [0.1, 0.15) is 12.4 Å². The van der Waals surface area contributed by atoms with Crippen molar-refractivity contribution in [3.63, 3.8) is 0 Å². The van der Waals surface area contributed by atoms with Crippen LogP contribution in [0.1, 0.15) is 33.6 Å². The second-order valence-corrected chi connectivity index (χ2v) is 6.91. The highest BCUT2D eigenvalue weighted by Crippen LogP contribution is 2.23. The lowest BCUT2D eigenvalue weighted by molar-refractivity contribution is 0.0685. The van der Waals surface area contributed by atoms with Crippen molar-refractivity contribution in [1.29, 1.82) is 0 Å². The van der Waals surface area contributed by atoms with Crippen LogP contribution in [0.5, 0.6) is 5.75 Å². The van der Waals surface area contributed by atoms with Gasteiger partial charge in [0.05, 0.1) is 0 Å². The fourth-order valence-corrected chi connectivity index (χ4v) is 3.33. The first kappa shape index (κ1) is 16.8. The standard InChI is InChI=1S/C17H27BrN2O/c1-4-17(5-2)13-20(14(3)12-19-17)9-10-21-16-8-6-7-15(18)11-16/h6-8,11,14,19H,4-5,9-10,12-13H2,1-3H3. The minimum atomic E-state index is 0.280. The zero-order valence-electron chi connectivity index (χ0n) is 13.4. The fraction of sp³-hybridized carbons (Fsp3) is 0.647. The maximum absolute atomic E-state index is 5.88. The van der Waals surface area contributed by atoms with Gasteiger partial charge in [-0.15, -0.1) is 0 Å². The molecule has 1 aliphatic rings. The van der Waals surface area contributed by atoms with E-state index in [1.165, 1.54) is 12.8 Å². The molecular weight excluding hydrogens is 328 g/mol. The predicted octanol–water partition coefficient (Wildman–Crippen LogP) is 3.68. The number of hydrogen-bond donors (Lipinski definition) is 1. The average Bonchev–Trinajstić information content (AvgIpc) is 2.50. The predicted molar refractivity (Wildman–Crippen MR) is 92.0 cm³/mol. The Balaban J connectivity index is 1.86. The van der Waals surface area contributed by atoms with Crippen LogP contribution in [0.2, 0.25) is 0 Å². The molecule has 1 aliphatic heterocycles. The van der Waals surface area contributed by atoms with Crippen LogP contribution in [-0.4, -0.2) is 42.7 Å². The molecule has 1 aromatic rings. The SMILES string of the molecule is CCC1(CC)CN(CCOc2cccc(Br)c2)C(C)CN1. The van der Waals surface area contributed by atoms with Gasteiger partial charge in [0.15, 0.2) is 0 Å². The Bertz CT molecular complexity index is 448. The molecule has 0 aliphatic carbocycles. The van der Waals surface area contributed by atoms with E-state index in [9.17, 15) is 0 Å². The molecule has 1 N–H and O–H groups in total. The van der Waals surface area contributed by atoms with Crippen molar-refractivity contribution >= 4 is 15.9 Å². The number of piperazine rings is 1. The van der Waals surface area contributed by atoms with E-state index in [-0.39, 0.29) is 5.54 Å². The zero-order chi connectivity index (χ0) is 15.3. The maximum atomic E-state index is 5.88. The van der Waals surface area contributed by atoms with E-state index in [1.54, 1.807) is 0 Å². The zero-order valence-corrected chi connectivity index (χ0v) is 14.9. The van der Waals surface area contributed by atoms with Crippen LogP contribution in [0.25, 0.3) is 0 Å². The Kier molecular flexibility index (Phi) is 6.08. The molecule has 1 fully saturated rings. The molecule has 1 atom stereocenters. The molecule has 1 aromatic carbocycles. The molecule has 0 spiro atoms. The van der Waals surface area contributed by atoms with Gasteiger partial charge in [0.25, 0.3) is 0 Å². The lowest BCUT2D eigenvalue weighted by Gasteiger charge is -2.46. The van der Waals surface area contributed by atoms with E-state index >= 15 is 0 Å². The normalized spacial score (nSPS) is 22.2. The molecule has 2 rings (SSSR count). The third-order valence-electron chi connectivity index (χ3n) is 4.70. The van der Waals surface area contributed by atoms with E-state index in [0.717, 1.165) is 36.5 Å². The summed E-state index contributed by atoms with van der Waals surface area (Å²) in [5.41, 5.74) is 0.280. The Morgan fingerprint density at radius 1 is 1.38 bits per heavy atom. The smallest absolute Gasteiger partial charge is 0.120 e. The summed E-state index contributed by atoms with van der Waals surface area (Å²) in [4.78, 5) is 2.56. The van der Waals surface area contributed by atoms with Crippen LogP contribution in [0.15, 0.2) is 28.7 Å². The van der Waals surface area contributed by atoms with Crippen LogP contribution < -0.4 is 10.1 Å². The fourth-order valence-electron chi connectivity index (χ4n) is 2.95. The van der Waals surface area contributed by atoms with Crippen molar-refractivity contribution in [3.05, 3.63) is 28.7 Å². The van der Waals surface area contributed by atoms with E-state index in [1.807, 2.05) is 24.3 Å². The van der Waals surface area contributed by atoms with Crippen LogP contribution in [0.3, 0.4) is 0 Å². The summed E-state index contributed by atoms with van der Waals surface area (Å²) in [6.45, 7) is 10.8. The van der Waals surface area contributed by atoms with Gasteiger partial charge < -0.3 is 10.1 Å². The van der Waals surface area contributed by atoms with Crippen molar-refractivity contribution in [2.24, 2.45) is 0 Å². The Hall–Kier alpha value is -0.580. The topological polar surface area (TPSA) is 24.5 Å². The number of nitrogens with one attached hydrogen (secondary N) is 1. The minimum absolute atomic E-state index is 0.280. The Labute approximate surface area is 137 Å². The van der Waals surface area contributed by atoms with Gasteiger partial charge in [0.2, 0.25) is 0 Å². The molecular formula is C17H27BrN2O. The van der Waals surface area contributed by atoms with E-state index in [4.69, 9.17) is 4.74 Å². The summed E-state index contributed by atoms with van der Waals surface area (Å²) in [6, 6.07) is 8.62. The highest BCUT2D eigenvalue weighted by Gasteiger charge is 2.34. The Morgan fingerprint density at radius 2 is 2.14 bits per heavy atom. The highest BCUT2D eigenvalue weighted by molar-refractivity contribution is 9.10.